The van der Waals surface area contributed by atoms with Crippen molar-refractivity contribution in [3.8, 4) is 34.2 Å². The zero-order chi connectivity index (χ0) is 20.8. The summed E-state index contributed by atoms with van der Waals surface area (Å²) in [6.07, 6.45) is 8.94. The zero-order valence-corrected chi connectivity index (χ0v) is 16.8. The summed E-state index contributed by atoms with van der Waals surface area (Å²) in [5, 5.41) is 9.33. The van der Waals surface area contributed by atoms with Crippen LogP contribution in [0.1, 0.15) is 19.9 Å². The standard InChI is InChI=1S/C21H20N8O/c1-13(2)28-10-7-15(25-28)14-12-29-18(17(14)16-6-4-5-8-22-16)21(30)24-19(26-29)20-23-9-11-27(20)3/h4-13H,1-3H3,(H,24,26,30). The molecule has 0 aliphatic rings. The van der Waals surface area contributed by atoms with Crippen LogP contribution in [0.3, 0.4) is 0 Å². The number of aromatic amines is 1. The number of nitrogens with zero attached hydrogens (tertiary/aromatic N) is 7. The Labute approximate surface area is 171 Å². The molecule has 5 heterocycles. The quantitative estimate of drug-likeness (QED) is 0.500. The Morgan fingerprint density at radius 2 is 1.87 bits per heavy atom. The third-order valence-corrected chi connectivity index (χ3v) is 5.01. The number of nitrogens with one attached hydrogen (secondary N) is 1. The molecule has 5 aromatic heterocycles. The molecular weight excluding hydrogens is 380 g/mol. The van der Waals surface area contributed by atoms with Gasteiger partial charge in [-0.3, -0.25) is 14.5 Å². The van der Waals surface area contributed by atoms with Crippen LogP contribution in [0.4, 0.5) is 0 Å². The van der Waals surface area contributed by atoms with Gasteiger partial charge in [0.2, 0.25) is 0 Å². The highest BCUT2D eigenvalue weighted by atomic mass is 16.1. The van der Waals surface area contributed by atoms with Gasteiger partial charge in [0, 0.05) is 55.2 Å². The normalized spacial score (nSPS) is 11.6. The molecule has 0 amide bonds. The maximum absolute atomic E-state index is 13.2. The molecule has 0 unspecified atom stereocenters. The van der Waals surface area contributed by atoms with Crippen LogP contribution in [-0.4, -0.2) is 38.9 Å². The zero-order valence-electron chi connectivity index (χ0n) is 16.8. The molecule has 0 aliphatic heterocycles. The summed E-state index contributed by atoms with van der Waals surface area (Å²) >= 11 is 0. The summed E-state index contributed by atoms with van der Waals surface area (Å²) < 4.78 is 5.28. The highest BCUT2D eigenvalue weighted by Gasteiger charge is 2.22. The molecule has 0 bridgehead atoms. The summed E-state index contributed by atoms with van der Waals surface area (Å²) in [5.74, 6) is 0.967. The second kappa shape index (κ2) is 6.80. The number of H-pyrrole nitrogens is 1. The maximum Gasteiger partial charge on any atom is 0.276 e. The molecule has 9 heteroatoms. The average molecular weight is 400 g/mol. The predicted molar refractivity (Wildman–Crippen MR) is 113 cm³/mol. The Kier molecular flexibility index (Phi) is 4.09. The minimum absolute atomic E-state index is 0.227. The molecule has 1 N–H and O–H groups in total. The van der Waals surface area contributed by atoms with Crippen LogP contribution in [-0.2, 0) is 7.05 Å². The molecule has 150 valence electrons. The summed E-state index contributed by atoms with van der Waals surface area (Å²) in [6, 6.07) is 7.79. The van der Waals surface area contributed by atoms with Crippen molar-refractivity contribution in [3.05, 3.63) is 65.6 Å². The molecule has 0 saturated heterocycles. The van der Waals surface area contributed by atoms with Crippen molar-refractivity contribution in [1.29, 1.82) is 0 Å². The van der Waals surface area contributed by atoms with Crippen molar-refractivity contribution in [2.45, 2.75) is 19.9 Å². The van der Waals surface area contributed by atoms with Crippen LogP contribution in [0, 0.1) is 0 Å². The highest BCUT2D eigenvalue weighted by Crippen LogP contribution is 2.34. The Balaban J connectivity index is 1.81. The van der Waals surface area contributed by atoms with Crippen molar-refractivity contribution in [2.24, 2.45) is 7.05 Å². The van der Waals surface area contributed by atoms with E-state index in [2.05, 4.69) is 33.9 Å². The molecule has 0 aliphatic carbocycles. The lowest BCUT2D eigenvalue weighted by Crippen LogP contribution is -2.15. The number of hydrogen-bond acceptors (Lipinski definition) is 5. The molecule has 0 fully saturated rings. The van der Waals surface area contributed by atoms with Gasteiger partial charge in [-0.25, -0.2) is 9.50 Å². The number of pyridine rings is 1. The maximum atomic E-state index is 13.2. The van der Waals surface area contributed by atoms with Crippen molar-refractivity contribution < 1.29 is 0 Å². The minimum Gasteiger partial charge on any atom is -0.331 e. The number of aryl methyl sites for hydroxylation is 1. The Morgan fingerprint density at radius 3 is 2.53 bits per heavy atom. The average Bonchev–Trinajstić information content (AvgIpc) is 3.46. The molecule has 5 rings (SSSR count). The van der Waals surface area contributed by atoms with Crippen LogP contribution in [0.2, 0.25) is 0 Å². The van der Waals surface area contributed by atoms with E-state index in [1.807, 2.05) is 48.4 Å². The Morgan fingerprint density at radius 1 is 1.00 bits per heavy atom. The molecule has 0 atom stereocenters. The van der Waals surface area contributed by atoms with E-state index in [0.29, 0.717) is 28.4 Å². The number of aromatic nitrogens is 8. The predicted octanol–water partition coefficient (Wildman–Crippen LogP) is 2.93. The molecule has 0 spiro atoms. The first-order valence-corrected chi connectivity index (χ1v) is 9.63. The summed E-state index contributed by atoms with van der Waals surface area (Å²) in [7, 11) is 1.85. The summed E-state index contributed by atoms with van der Waals surface area (Å²) in [6.45, 7) is 4.14. The van der Waals surface area contributed by atoms with Gasteiger partial charge in [-0.15, -0.1) is 5.10 Å². The van der Waals surface area contributed by atoms with Crippen LogP contribution in [0.5, 0.6) is 0 Å². The number of rotatable bonds is 4. The van der Waals surface area contributed by atoms with E-state index in [9.17, 15) is 4.79 Å². The van der Waals surface area contributed by atoms with Crippen LogP contribution in [0.15, 0.2) is 60.0 Å². The number of imidazole rings is 1. The van der Waals surface area contributed by atoms with E-state index < -0.39 is 0 Å². The van der Waals surface area contributed by atoms with E-state index >= 15 is 0 Å². The van der Waals surface area contributed by atoms with E-state index in [4.69, 9.17) is 5.10 Å². The second-order valence-corrected chi connectivity index (χ2v) is 7.37. The molecule has 5 aromatic rings. The fourth-order valence-corrected chi connectivity index (χ4v) is 3.52. The SMILES string of the molecule is CC(C)n1ccc(-c2cn3nc(-c4nccn4C)[nH]c(=O)c3c2-c2ccccn2)n1. The Bertz CT molecular complexity index is 1400. The van der Waals surface area contributed by atoms with Gasteiger partial charge in [-0.1, -0.05) is 6.07 Å². The first kappa shape index (κ1) is 18.0. The third-order valence-electron chi connectivity index (χ3n) is 5.01. The van der Waals surface area contributed by atoms with Gasteiger partial charge in [0.15, 0.2) is 11.6 Å². The van der Waals surface area contributed by atoms with Gasteiger partial charge in [-0.2, -0.15) is 5.10 Å². The van der Waals surface area contributed by atoms with E-state index in [0.717, 1.165) is 11.3 Å². The highest BCUT2D eigenvalue weighted by molar-refractivity contribution is 5.91. The molecule has 0 radical (unpaired) electrons. The van der Waals surface area contributed by atoms with E-state index in [1.165, 1.54) is 0 Å². The van der Waals surface area contributed by atoms with Crippen molar-refractivity contribution in [3.63, 3.8) is 0 Å². The van der Waals surface area contributed by atoms with E-state index in [1.54, 1.807) is 27.7 Å². The molecule has 0 aromatic carbocycles. The van der Waals surface area contributed by atoms with Crippen LogP contribution < -0.4 is 5.56 Å². The second-order valence-electron chi connectivity index (χ2n) is 7.37. The van der Waals surface area contributed by atoms with Gasteiger partial charge in [0.1, 0.15) is 5.52 Å². The van der Waals surface area contributed by atoms with Crippen molar-refractivity contribution in [1.82, 2.24) is 38.9 Å². The first-order valence-electron chi connectivity index (χ1n) is 9.63. The molecular formula is C21H20N8O. The summed E-state index contributed by atoms with van der Waals surface area (Å²) in [5.41, 5.74) is 3.09. The van der Waals surface area contributed by atoms with Crippen LogP contribution in [0.25, 0.3) is 39.7 Å². The summed E-state index contributed by atoms with van der Waals surface area (Å²) in [4.78, 5) is 24.8. The molecule has 9 nitrogen and oxygen atoms in total. The first-order chi connectivity index (χ1) is 14.5. The van der Waals surface area contributed by atoms with Gasteiger partial charge in [0.05, 0.1) is 11.4 Å². The lowest BCUT2D eigenvalue weighted by Gasteiger charge is -2.05. The number of hydrogen-bond donors (Lipinski definition) is 1. The van der Waals surface area contributed by atoms with Gasteiger partial charge in [0.25, 0.3) is 5.56 Å². The smallest absolute Gasteiger partial charge is 0.276 e. The fourth-order valence-electron chi connectivity index (χ4n) is 3.52. The van der Waals surface area contributed by atoms with Crippen molar-refractivity contribution >= 4 is 5.52 Å². The fraction of sp³-hybridized carbons (Fsp3) is 0.190. The lowest BCUT2D eigenvalue weighted by atomic mass is 10.1. The third kappa shape index (κ3) is 2.83. The minimum atomic E-state index is -0.266. The lowest BCUT2D eigenvalue weighted by molar-refractivity contribution is 0.534. The van der Waals surface area contributed by atoms with Gasteiger partial charge in [-0.05, 0) is 32.0 Å². The Hall–Kier alpha value is -4.01. The van der Waals surface area contributed by atoms with E-state index in [-0.39, 0.29) is 11.6 Å². The van der Waals surface area contributed by atoms with Crippen molar-refractivity contribution in [2.75, 3.05) is 0 Å². The number of fused-ring (bicyclic) bond motifs is 1. The largest absolute Gasteiger partial charge is 0.331 e. The molecule has 0 saturated carbocycles. The van der Waals surface area contributed by atoms with Gasteiger partial charge >= 0.3 is 0 Å². The topological polar surface area (TPSA) is 98.7 Å². The molecule has 30 heavy (non-hydrogen) atoms. The van der Waals surface area contributed by atoms with Gasteiger partial charge < -0.3 is 9.55 Å². The monoisotopic (exact) mass is 400 g/mol. The van der Waals surface area contributed by atoms with Crippen LogP contribution >= 0.6 is 0 Å².